The molecular weight excluding hydrogens is 743 g/mol. The zero-order valence-electron chi connectivity index (χ0n) is 33.1. The van der Waals surface area contributed by atoms with Crippen LogP contribution in [0.5, 0.6) is 0 Å². The quantitative estimate of drug-likeness (QED) is 0.162. The highest BCUT2D eigenvalue weighted by Crippen LogP contribution is 2.40. The first-order valence-corrected chi connectivity index (χ1v) is 20.7. The number of anilines is 3. The van der Waals surface area contributed by atoms with Gasteiger partial charge < -0.3 is 4.90 Å². The number of aromatic nitrogens is 4. The van der Waals surface area contributed by atoms with Gasteiger partial charge in [-0.3, -0.25) is 8.97 Å². The maximum atomic E-state index is 5.38. The number of rotatable bonds is 7. The van der Waals surface area contributed by atoms with Gasteiger partial charge in [0.25, 0.3) is 0 Å². The number of hydrogen-bond donors (Lipinski definition) is 0. The van der Waals surface area contributed by atoms with Gasteiger partial charge in [0.2, 0.25) is 5.95 Å². The number of fused-ring (bicyclic) bond motifs is 8. The van der Waals surface area contributed by atoms with Crippen LogP contribution in [0.25, 0.3) is 88.7 Å². The highest BCUT2D eigenvalue weighted by Gasteiger charge is 2.21. The summed E-state index contributed by atoms with van der Waals surface area (Å²) < 4.78 is 4.54. The Kier molecular flexibility index (Phi) is 8.10. The van der Waals surface area contributed by atoms with Crippen molar-refractivity contribution in [1.29, 1.82) is 0 Å². The smallest absolute Gasteiger partial charge is 0.221 e. The Balaban J connectivity index is 0.986. The molecule has 0 radical (unpaired) electrons. The lowest BCUT2D eigenvalue weighted by Gasteiger charge is -2.26. The molecule has 5 nitrogen and oxygen atoms in total. The molecule has 0 aliphatic carbocycles. The van der Waals surface area contributed by atoms with E-state index in [2.05, 4.69) is 226 Å². The van der Waals surface area contributed by atoms with E-state index >= 15 is 0 Å². The maximum Gasteiger partial charge on any atom is 0.221 e. The molecule has 0 atom stereocenters. The van der Waals surface area contributed by atoms with Crippen LogP contribution >= 0.6 is 0 Å². The number of nitrogens with zero attached hydrogens (tertiary/aromatic N) is 5. The molecule has 0 bridgehead atoms. The maximum absolute atomic E-state index is 5.38. The van der Waals surface area contributed by atoms with Crippen molar-refractivity contribution in [2.75, 3.05) is 4.90 Å². The van der Waals surface area contributed by atoms with Gasteiger partial charge in [0.15, 0.2) is 0 Å². The Morgan fingerprint density at radius 1 is 0.311 bits per heavy atom. The number of hydrogen-bond acceptors (Lipinski definition) is 3. The fourth-order valence-corrected chi connectivity index (χ4v) is 8.96. The van der Waals surface area contributed by atoms with Gasteiger partial charge in [-0.25, -0.2) is 9.97 Å². The molecule has 3 heterocycles. The second-order valence-electron chi connectivity index (χ2n) is 15.5. The van der Waals surface area contributed by atoms with Crippen LogP contribution in [0.1, 0.15) is 0 Å². The molecule has 9 aromatic carbocycles. The molecule has 0 N–H and O–H groups in total. The average Bonchev–Trinajstić information content (AvgIpc) is 3.89. The van der Waals surface area contributed by atoms with E-state index in [4.69, 9.17) is 9.97 Å². The van der Waals surface area contributed by atoms with E-state index in [-0.39, 0.29) is 0 Å². The van der Waals surface area contributed by atoms with Crippen LogP contribution in [0.15, 0.2) is 224 Å². The van der Waals surface area contributed by atoms with Crippen LogP contribution in [0.3, 0.4) is 0 Å². The predicted octanol–water partition coefficient (Wildman–Crippen LogP) is 14.6. The average molecular weight is 780 g/mol. The molecule has 0 amide bonds. The summed E-state index contributed by atoms with van der Waals surface area (Å²) in [5.41, 5.74) is 16.2. The summed E-state index contributed by atoms with van der Waals surface area (Å²) in [4.78, 5) is 12.9. The van der Waals surface area contributed by atoms with Crippen molar-refractivity contribution in [3.8, 4) is 39.3 Å². The van der Waals surface area contributed by atoms with E-state index in [9.17, 15) is 0 Å². The molecule has 0 aliphatic heterocycles. The van der Waals surface area contributed by atoms with Crippen LogP contribution in [-0.4, -0.2) is 18.9 Å². The van der Waals surface area contributed by atoms with Gasteiger partial charge in [-0.05, 0) is 106 Å². The lowest BCUT2D eigenvalue weighted by molar-refractivity contribution is 0.979. The summed E-state index contributed by atoms with van der Waals surface area (Å²) in [6.07, 6.45) is 0. The lowest BCUT2D eigenvalue weighted by atomic mass is 10.0. The molecule has 12 rings (SSSR count). The molecule has 286 valence electrons. The van der Waals surface area contributed by atoms with E-state index in [1.165, 1.54) is 33.0 Å². The van der Waals surface area contributed by atoms with E-state index in [0.717, 1.165) is 72.8 Å². The van der Waals surface area contributed by atoms with Crippen LogP contribution in [0.4, 0.5) is 17.1 Å². The van der Waals surface area contributed by atoms with Gasteiger partial charge in [-0.2, -0.15) is 0 Å². The highest BCUT2D eigenvalue weighted by molar-refractivity contribution is 6.10. The minimum atomic E-state index is 0.813. The van der Waals surface area contributed by atoms with Crippen molar-refractivity contribution in [2.24, 2.45) is 0 Å². The molecule has 0 saturated carbocycles. The van der Waals surface area contributed by atoms with Crippen molar-refractivity contribution >= 4 is 66.5 Å². The molecule has 0 unspecified atom stereocenters. The molecule has 0 aliphatic rings. The Labute approximate surface area is 352 Å². The first-order chi connectivity index (χ1) is 30.2. The monoisotopic (exact) mass is 779 g/mol. The molecule has 3 aromatic heterocycles. The van der Waals surface area contributed by atoms with Crippen molar-refractivity contribution in [2.45, 2.75) is 0 Å². The van der Waals surface area contributed by atoms with Gasteiger partial charge >= 0.3 is 0 Å². The van der Waals surface area contributed by atoms with Crippen molar-refractivity contribution in [3.63, 3.8) is 0 Å². The Morgan fingerprint density at radius 2 is 0.754 bits per heavy atom. The highest BCUT2D eigenvalue weighted by atomic mass is 15.2. The van der Waals surface area contributed by atoms with Crippen LogP contribution in [-0.2, 0) is 0 Å². The van der Waals surface area contributed by atoms with Crippen molar-refractivity contribution in [3.05, 3.63) is 224 Å². The normalized spacial score (nSPS) is 11.6. The fraction of sp³-hybridized carbons (Fsp3) is 0. The molecule has 0 saturated heterocycles. The molecule has 12 aromatic rings. The summed E-state index contributed by atoms with van der Waals surface area (Å²) in [5.74, 6) is 0.813. The van der Waals surface area contributed by atoms with Crippen molar-refractivity contribution in [1.82, 2.24) is 18.9 Å². The van der Waals surface area contributed by atoms with Crippen LogP contribution in [0, 0.1) is 0 Å². The first-order valence-electron chi connectivity index (χ1n) is 20.7. The van der Waals surface area contributed by atoms with Crippen LogP contribution in [0.2, 0.25) is 0 Å². The second-order valence-corrected chi connectivity index (χ2v) is 15.5. The standard InChI is InChI=1S/C56H37N5/c1-3-13-38(14-4-1)40-23-30-44(31-24-40)59(45-32-25-41(26-33-45)39-15-5-2-6-16-39)46-34-27-42(28-35-46)43-29-36-48-47-17-8-11-21-52(47)60(54(48)37-43)56-58-50-19-9-7-18-49(50)55-57-51-20-10-12-22-53(51)61(55)56/h1-37H. The minimum absolute atomic E-state index is 0.813. The van der Waals surface area contributed by atoms with Gasteiger partial charge in [-0.1, -0.05) is 152 Å². The molecule has 0 fully saturated rings. The Bertz CT molecular complexity index is 3470. The Hall–Kier alpha value is -8.28. The lowest BCUT2D eigenvalue weighted by Crippen LogP contribution is -2.09. The van der Waals surface area contributed by atoms with E-state index in [0.29, 0.717) is 0 Å². The number of benzene rings is 9. The van der Waals surface area contributed by atoms with Crippen LogP contribution < -0.4 is 4.90 Å². The summed E-state index contributed by atoms with van der Waals surface area (Å²) >= 11 is 0. The summed E-state index contributed by atoms with van der Waals surface area (Å²) in [6.45, 7) is 0. The third-order valence-electron chi connectivity index (χ3n) is 11.9. The van der Waals surface area contributed by atoms with E-state index < -0.39 is 0 Å². The topological polar surface area (TPSA) is 38.4 Å². The van der Waals surface area contributed by atoms with E-state index in [1.54, 1.807) is 0 Å². The summed E-state index contributed by atoms with van der Waals surface area (Å²) in [6, 6.07) is 79.8. The zero-order chi connectivity index (χ0) is 40.3. The van der Waals surface area contributed by atoms with Gasteiger partial charge in [-0.15, -0.1) is 0 Å². The SMILES string of the molecule is c1ccc(-c2ccc(N(c3ccc(-c4ccccc4)cc3)c3ccc(-c4ccc5c6ccccc6n(-c6nc7ccccc7c7nc8ccccc8n67)c5c4)cc3)cc2)cc1. The Morgan fingerprint density at radius 3 is 1.36 bits per heavy atom. The second kappa shape index (κ2) is 14.2. The third kappa shape index (κ3) is 5.86. The summed E-state index contributed by atoms with van der Waals surface area (Å²) in [7, 11) is 0. The largest absolute Gasteiger partial charge is 0.311 e. The number of para-hydroxylation sites is 4. The third-order valence-corrected chi connectivity index (χ3v) is 11.9. The minimum Gasteiger partial charge on any atom is -0.311 e. The van der Waals surface area contributed by atoms with Gasteiger partial charge in [0.1, 0.15) is 5.65 Å². The summed E-state index contributed by atoms with van der Waals surface area (Å²) in [5, 5.41) is 3.38. The van der Waals surface area contributed by atoms with Gasteiger partial charge in [0.05, 0.1) is 27.6 Å². The number of imidazole rings is 1. The fourth-order valence-electron chi connectivity index (χ4n) is 8.96. The van der Waals surface area contributed by atoms with Crippen molar-refractivity contribution < 1.29 is 0 Å². The molecular formula is C56H37N5. The van der Waals surface area contributed by atoms with E-state index in [1.807, 2.05) is 12.1 Å². The van der Waals surface area contributed by atoms with Gasteiger partial charge in [0, 0.05) is 33.2 Å². The predicted molar refractivity (Wildman–Crippen MR) is 253 cm³/mol. The molecule has 61 heavy (non-hydrogen) atoms. The molecule has 5 heteroatoms. The first kappa shape index (κ1) is 34.7. The zero-order valence-corrected chi connectivity index (χ0v) is 33.1. The molecule has 0 spiro atoms.